The van der Waals surface area contributed by atoms with Crippen LogP contribution in [0.3, 0.4) is 0 Å². The summed E-state index contributed by atoms with van der Waals surface area (Å²) in [4.78, 5) is 4.04. The first kappa shape index (κ1) is 7.02. The molecule has 12 heavy (non-hydrogen) atoms. The van der Waals surface area contributed by atoms with Crippen molar-refractivity contribution in [2.24, 2.45) is 7.05 Å². The number of hydrogen-bond donors (Lipinski definition) is 0. The molecule has 0 aliphatic heterocycles. The van der Waals surface area contributed by atoms with Gasteiger partial charge in [-0.25, -0.2) is 0 Å². The molecule has 62 valence electrons. The predicted octanol–water partition coefficient (Wildman–Crippen LogP) is 0.779. The first-order valence-corrected chi connectivity index (χ1v) is 3.56. The van der Waals surface area contributed by atoms with Crippen molar-refractivity contribution in [1.29, 1.82) is 0 Å². The molecule has 0 aromatic carbocycles. The van der Waals surface area contributed by atoms with E-state index >= 15 is 0 Å². The average Bonchev–Trinajstić information content (AvgIpc) is 2.58. The van der Waals surface area contributed by atoms with Gasteiger partial charge in [0.05, 0.1) is 0 Å². The van der Waals surface area contributed by atoms with Gasteiger partial charge in [0.15, 0.2) is 11.5 Å². The highest BCUT2D eigenvalue weighted by molar-refractivity contribution is 5.44. The highest BCUT2D eigenvalue weighted by Crippen LogP contribution is 2.12. The molecule has 2 heterocycles. The van der Waals surface area contributed by atoms with Gasteiger partial charge in [-0.3, -0.25) is 4.68 Å². The summed E-state index contributed by atoms with van der Waals surface area (Å²) in [5.74, 6) is 1.09. The highest BCUT2D eigenvalue weighted by Gasteiger charge is 2.07. The van der Waals surface area contributed by atoms with Crippen LogP contribution in [0.15, 0.2) is 16.8 Å². The Labute approximate surface area is 69.0 Å². The lowest BCUT2D eigenvalue weighted by molar-refractivity contribution is 0.424. The third-order valence-electron chi connectivity index (χ3n) is 1.46. The van der Waals surface area contributed by atoms with E-state index in [9.17, 15) is 0 Å². The molecule has 0 aliphatic carbocycles. The maximum absolute atomic E-state index is 4.93. The van der Waals surface area contributed by atoms with Crippen LogP contribution in [0, 0.1) is 6.92 Å². The van der Waals surface area contributed by atoms with Crippen LogP contribution in [0.4, 0.5) is 0 Å². The number of rotatable bonds is 1. The van der Waals surface area contributed by atoms with Crippen LogP contribution in [-0.4, -0.2) is 19.9 Å². The van der Waals surface area contributed by atoms with Crippen molar-refractivity contribution in [2.45, 2.75) is 6.92 Å². The van der Waals surface area contributed by atoms with Gasteiger partial charge in [0, 0.05) is 13.2 Å². The van der Waals surface area contributed by atoms with E-state index in [0.717, 1.165) is 0 Å². The fraction of sp³-hybridized carbons (Fsp3) is 0.286. The van der Waals surface area contributed by atoms with E-state index in [1.165, 1.54) is 0 Å². The van der Waals surface area contributed by atoms with Crippen LogP contribution in [0.25, 0.3) is 11.6 Å². The van der Waals surface area contributed by atoms with Crippen molar-refractivity contribution in [1.82, 2.24) is 19.9 Å². The second kappa shape index (κ2) is 2.44. The van der Waals surface area contributed by atoms with Crippen molar-refractivity contribution >= 4 is 0 Å². The number of hydrogen-bond acceptors (Lipinski definition) is 4. The minimum Gasteiger partial charge on any atom is -0.332 e. The van der Waals surface area contributed by atoms with E-state index in [1.807, 2.05) is 19.3 Å². The van der Waals surface area contributed by atoms with E-state index in [-0.39, 0.29) is 0 Å². The van der Waals surface area contributed by atoms with Gasteiger partial charge < -0.3 is 4.52 Å². The van der Waals surface area contributed by atoms with Crippen molar-refractivity contribution < 1.29 is 4.52 Å². The molecule has 0 saturated carbocycles. The van der Waals surface area contributed by atoms with Crippen molar-refractivity contribution in [3.05, 3.63) is 18.1 Å². The average molecular weight is 164 g/mol. The highest BCUT2D eigenvalue weighted by atomic mass is 16.5. The summed E-state index contributed by atoms with van der Waals surface area (Å²) in [6.45, 7) is 1.77. The molecule has 0 aliphatic rings. The van der Waals surface area contributed by atoms with Crippen LogP contribution < -0.4 is 0 Å². The number of aromatic nitrogens is 4. The van der Waals surface area contributed by atoms with Crippen LogP contribution in [0.1, 0.15) is 5.82 Å². The molecule has 2 rings (SSSR count). The zero-order valence-corrected chi connectivity index (χ0v) is 6.85. The molecule has 2 aromatic rings. The monoisotopic (exact) mass is 164 g/mol. The minimum atomic E-state index is 0.466. The molecule has 0 fully saturated rings. The molecule has 0 amide bonds. The molecule has 0 atom stereocenters. The van der Waals surface area contributed by atoms with E-state index in [0.29, 0.717) is 17.4 Å². The standard InChI is InChI=1S/C7H8N4O/c1-5-8-7(12-10-5)6-3-4-11(2)9-6/h3-4H,1-2H3. The molecule has 0 bridgehead atoms. The molecular formula is C7H8N4O. The van der Waals surface area contributed by atoms with Gasteiger partial charge in [0.25, 0.3) is 5.89 Å². The first-order chi connectivity index (χ1) is 5.75. The lowest BCUT2D eigenvalue weighted by atomic mass is 10.4. The largest absolute Gasteiger partial charge is 0.332 e. The zero-order valence-electron chi connectivity index (χ0n) is 6.85. The SMILES string of the molecule is Cc1noc(-c2ccn(C)n2)n1. The molecule has 0 spiro atoms. The van der Waals surface area contributed by atoms with E-state index in [1.54, 1.807) is 11.6 Å². The van der Waals surface area contributed by atoms with Crippen molar-refractivity contribution in [2.75, 3.05) is 0 Å². The summed E-state index contributed by atoms with van der Waals surface area (Å²) in [5.41, 5.74) is 0.707. The van der Waals surface area contributed by atoms with Crippen molar-refractivity contribution in [3.63, 3.8) is 0 Å². The Balaban J connectivity index is 2.43. The van der Waals surface area contributed by atoms with Gasteiger partial charge in [-0.15, -0.1) is 0 Å². The summed E-state index contributed by atoms with van der Waals surface area (Å²) in [6.07, 6.45) is 1.83. The predicted molar refractivity (Wildman–Crippen MR) is 41.2 cm³/mol. The van der Waals surface area contributed by atoms with Gasteiger partial charge in [-0.2, -0.15) is 10.1 Å². The van der Waals surface area contributed by atoms with E-state index in [2.05, 4.69) is 15.2 Å². The first-order valence-electron chi connectivity index (χ1n) is 3.56. The normalized spacial score (nSPS) is 10.5. The summed E-state index contributed by atoms with van der Waals surface area (Å²) < 4.78 is 6.62. The topological polar surface area (TPSA) is 56.7 Å². The smallest absolute Gasteiger partial charge is 0.278 e. The fourth-order valence-electron chi connectivity index (χ4n) is 0.930. The van der Waals surface area contributed by atoms with Crippen LogP contribution in [0.2, 0.25) is 0 Å². The molecule has 0 N–H and O–H groups in total. The molecule has 0 radical (unpaired) electrons. The molecule has 5 heteroatoms. The molecule has 0 unspecified atom stereocenters. The summed E-state index contributed by atoms with van der Waals surface area (Å²) >= 11 is 0. The lowest BCUT2D eigenvalue weighted by Crippen LogP contribution is -1.87. The maximum Gasteiger partial charge on any atom is 0.278 e. The van der Waals surface area contributed by atoms with Gasteiger partial charge in [0.2, 0.25) is 0 Å². The molecular weight excluding hydrogens is 156 g/mol. The Morgan fingerprint density at radius 1 is 1.50 bits per heavy atom. The molecule has 2 aromatic heterocycles. The third kappa shape index (κ3) is 1.09. The van der Waals surface area contributed by atoms with Gasteiger partial charge >= 0.3 is 0 Å². The minimum absolute atomic E-state index is 0.466. The van der Waals surface area contributed by atoms with Crippen LogP contribution in [0.5, 0.6) is 0 Å². The lowest BCUT2D eigenvalue weighted by Gasteiger charge is -1.84. The van der Waals surface area contributed by atoms with Crippen LogP contribution >= 0.6 is 0 Å². The second-order valence-corrected chi connectivity index (χ2v) is 2.52. The Morgan fingerprint density at radius 2 is 2.33 bits per heavy atom. The Morgan fingerprint density at radius 3 is 2.83 bits per heavy atom. The zero-order chi connectivity index (χ0) is 8.55. The van der Waals surface area contributed by atoms with Gasteiger partial charge in [-0.05, 0) is 13.0 Å². The summed E-state index contributed by atoms with van der Waals surface area (Å²) in [5, 5.41) is 7.78. The van der Waals surface area contributed by atoms with Crippen LogP contribution in [-0.2, 0) is 7.05 Å². The summed E-state index contributed by atoms with van der Waals surface area (Å²) in [7, 11) is 1.84. The van der Waals surface area contributed by atoms with E-state index < -0.39 is 0 Å². The second-order valence-electron chi connectivity index (χ2n) is 2.52. The maximum atomic E-state index is 4.93. The number of aryl methyl sites for hydroxylation is 2. The molecule has 5 nitrogen and oxygen atoms in total. The Kier molecular flexibility index (Phi) is 1.43. The summed E-state index contributed by atoms with van der Waals surface area (Å²) in [6, 6.07) is 1.83. The van der Waals surface area contributed by atoms with E-state index in [4.69, 9.17) is 4.52 Å². The van der Waals surface area contributed by atoms with Gasteiger partial charge in [0.1, 0.15) is 0 Å². The Hall–Kier alpha value is -1.65. The number of nitrogens with zero attached hydrogens (tertiary/aromatic N) is 4. The quantitative estimate of drug-likeness (QED) is 0.624. The van der Waals surface area contributed by atoms with Gasteiger partial charge in [-0.1, -0.05) is 5.16 Å². The fourth-order valence-corrected chi connectivity index (χ4v) is 0.930. The Bertz CT molecular complexity index is 351. The molecule has 0 saturated heterocycles. The third-order valence-corrected chi connectivity index (χ3v) is 1.46. The van der Waals surface area contributed by atoms with Crippen molar-refractivity contribution in [3.8, 4) is 11.6 Å².